The third-order valence-electron chi connectivity index (χ3n) is 3.89. The fourth-order valence-corrected chi connectivity index (χ4v) is 2.36. The van der Waals surface area contributed by atoms with Crippen LogP contribution in [0.1, 0.15) is 36.7 Å². The minimum Gasteiger partial charge on any atom is -0.409 e. The van der Waals surface area contributed by atoms with Gasteiger partial charge in [0.1, 0.15) is 0 Å². The molecule has 0 aromatic heterocycles. The maximum Gasteiger partial charge on any atom is 0.365 e. The monoisotopic (exact) mass is 322 g/mol. The average molecular weight is 322 g/mol. The third kappa shape index (κ3) is 5.27. The first-order valence-electron chi connectivity index (χ1n) is 7.27. The smallest absolute Gasteiger partial charge is 0.365 e. The van der Waals surface area contributed by atoms with E-state index < -0.39 is 14.3 Å². The van der Waals surface area contributed by atoms with E-state index in [1.54, 1.807) is 18.2 Å². The van der Waals surface area contributed by atoms with Crippen LogP contribution in [-0.2, 0) is 9.26 Å². The summed E-state index contributed by atoms with van der Waals surface area (Å²) in [6.07, 6.45) is 0. The minimum atomic E-state index is -1.90. The van der Waals surface area contributed by atoms with Gasteiger partial charge in [0.05, 0.1) is 12.2 Å². The average Bonchev–Trinajstić information content (AvgIpc) is 2.41. The summed E-state index contributed by atoms with van der Waals surface area (Å²) in [5, 5.41) is 3.75. The fourth-order valence-electron chi connectivity index (χ4n) is 1.42. The van der Waals surface area contributed by atoms with Crippen molar-refractivity contribution in [2.75, 3.05) is 6.61 Å². The van der Waals surface area contributed by atoms with Crippen molar-refractivity contribution in [3.05, 3.63) is 35.4 Å². The van der Waals surface area contributed by atoms with E-state index in [-0.39, 0.29) is 17.5 Å². The summed E-state index contributed by atoms with van der Waals surface area (Å²) in [6.45, 7) is 12.7. The van der Waals surface area contributed by atoms with Gasteiger partial charge in [-0.05, 0) is 37.2 Å². The second kappa shape index (κ2) is 7.06. The molecule has 1 aromatic rings. The largest absolute Gasteiger partial charge is 0.409 e. The van der Waals surface area contributed by atoms with Crippen molar-refractivity contribution in [2.45, 2.75) is 45.8 Å². The van der Waals surface area contributed by atoms with Gasteiger partial charge in [0.2, 0.25) is 0 Å². The number of carbonyl (C=O) groups is 1. The lowest BCUT2D eigenvalue weighted by Gasteiger charge is -2.35. The molecule has 0 heterocycles. The number of hydrogen-bond donors (Lipinski definition) is 1. The third-order valence-corrected chi connectivity index (χ3v) is 8.37. The van der Waals surface area contributed by atoms with Crippen LogP contribution in [0, 0.1) is 6.92 Å². The Labute approximate surface area is 133 Å². The van der Waals surface area contributed by atoms with Crippen LogP contribution in [0.4, 0.5) is 0 Å². The van der Waals surface area contributed by atoms with Crippen molar-refractivity contribution < 1.29 is 14.1 Å². The number of nitrogens with two attached hydrogens (primary N) is 1. The maximum atomic E-state index is 11.8. The summed E-state index contributed by atoms with van der Waals surface area (Å²) in [4.78, 5) is 16.7. The zero-order valence-electron chi connectivity index (χ0n) is 14.3. The summed E-state index contributed by atoms with van der Waals surface area (Å²) in [5.74, 6) is -0.371. The first-order chi connectivity index (χ1) is 10.0. The Balaban J connectivity index is 2.58. The molecule has 2 N–H and O–H groups in total. The molecular weight excluding hydrogens is 296 g/mol. The van der Waals surface area contributed by atoms with Gasteiger partial charge in [0, 0.05) is 0 Å². The second-order valence-electron chi connectivity index (χ2n) is 6.88. The van der Waals surface area contributed by atoms with Gasteiger partial charge in [-0.1, -0.05) is 43.6 Å². The van der Waals surface area contributed by atoms with E-state index in [1.165, 1.54) is 0 Å². The summed E-state index contributed by atoms with van der Waals surface area (Å²) in [6, 6.07) is 7.11. The van der Waals surface area contributed by atoms with Gasteiger partial charge in [-0.15, -0.1) is 0 Å². The van der Waals surface area contributed by atoms with E-state index >= 15 is 0 Å². The summed E-state index contributed by atoms with van der Waals surface area (Å²) in [7, 11) is -1.90. The summed E-state index contributed by atoms with van der Waals surface area (Å²) < 4.78 is 5.90. The van der Waals surface area contributed by atoms with Gasteiger partial charge in [0.15, 0.2) is 14.2 Å². The topological polar surface area (TPSA) is 73.9 Å². The number of amidine groups is 1. The van der Waals surface area contributed by atoms with E-state index in [2.05, 4.69) is 39.0 Å². The van der Waals surface area contributed by atoms with Crippen LogP contribution in [0.15, 0.2) is 29.4 Å². The van der Waals surface area contributed by atoms with E-state index in [4.69, 9.17) is 15.0 Å². The Morgan fingerprint density at radius 2 is 1.95 bits per heavy atom. The van der Waals surface area contributed by atoms with Gasteiger partial charge in [-0.2, -0.15) is 0 Å². The number of hydrogen-bond acceptors (Lipinski definition) is 4. The number of oxime groups is 1. The van der Waals surface area contributed by atoms with Crippen LogP contribution in [0.25, 0.3) is 0 Å². The second-order valence-corrected chi connectivity index (χ2v) is 11.7. The van der Waals surface area contributed by atoms with Crippen molar-refractivity contribution >= 4 is 20.1 Å². The number of benzene rings is 1. The van der Waals surface area contributed by atoms with Crippen molar-refractivity contribution in [2.24, 2.45) is 10.9 Å². The molecule has 5 nitrogen and oxygen atoms in total. The van der Waals surface area contributed by atoms with E-state index in [0.717, 1.165) is 5.56 Å². The quantitative estimate of drug-likeness (QED) is 0.296. The van der Waals surface area contributed by atoms with Crippen LogP contribution in [0.5, 0.6) is 0 Å². The first-order valence-corrected chi connectivity index (χ1v) is 10.2. The molecule has 0 radical (unpaired) electrons. The van der Waals surface area contributed by atoms with Gasteiger partial charge in [-0.25, -0.2) is 4.79 Å². The van der Waals surface area contributed by atoms with E-state index in [1.807, 2.05) is 13.0 Å². The molecule has 0 unspecified atom stereocenters. The molecule has 6 heteroatoms. The van der Waals surface area contributed by atoms with Gasteiger partial charge >= 0.3 is 5.97 Å². The number of carbonyl (C=O) groups excluding carboxylic acids is 1. The van der Waals surface area contributed by atoms with Crippen molar-refractivity contribution in [3.63, 3.8) is 0 Å². The highest BCUT2D eigenvalue weighted by atomic mass is 28.4. The van der Waals surface area contributed by atoms with Gasteiger partial charge < -0.3 is 15.0 Å². The molecule has 122 valence electrons. The molecule has 0 saturated carbocycles. The van der Waals surface area contributed by atoms with Gasteiger partial charge in [0.25, 0.3) is 0 Å². The van der Waals surface area contributed by atoms with Crippen LogP contribution in [0.2, 0.25) is 18.1 Å². The highest BCUT2D eigenvalue weighted by molar-refractivity contribution is 6.74. The maximum absolute atomic E-state index is 11.8. The SMILES string of the molecule is Cc1cccc(C(=O)ON=C(N)CO[Si](C)(C)C(C)(C)C)c1. The minimum absolute atomic E-state index is 0.0888. The molecule has 0 atom stereocenters. The highest BCUT2D eigenvalue weighted by Crippen LogP contribution is 2.36. The normalized spacial score (nSPS) is 13.1. The van der Waals surface area contributed by atoms with Crippen molar-refractivity contribution in [3.8, 4) is 0 Å². The first kappa shape index (κ1) is 18.4. The zero-order valence-corrected chi connectivity index (χ0v) is 15.3. The molecule has 0 amide bonds. The van der Waals surface area contributed by atoms with Crippen LogP contribution < -0.4 is 5.73 Å². The predicted octanol–water partition coefficient (Wildman–Crippen LogP) is 3.45. The molecule has 0 saturated heterocycles. The molecule has 0 fully saturated rings. The Morgan fingerprint density at radius 3 is 2.50 bits per heavy atom. The molecule has 0 bridgehead atoms. The Bertz CT molecular complexity index is 563. The molecular formula is C16H26N2O3Si. The molecule has 0 aliphatic heterocycles. The van der Waals surface area contributed by atoms with Crippen LogP contribution in [0.3, 0.4) is 0 Å². The molecule has 0 spiro atoms. The Kier molecular flexibility index (Phi) is 5.90. The molecule has 0 aliphatic rings. The van der Waals surface area contributed by atoms with Gasteiger partial charge in [-0.3, -0.25) is 0 Å². The van der Waals surface area contributed by atoms with Crippen molar-refractivity contribution in [1.82, 2.24) is 0 Å². The van der Waals surface area contributed by atoms with Crippen molar-refractivity contribution in [1.29, 1.82) is 0 Å². The summed E-state index contributed by atoms with van der Waals surface area (Å²) >= 11 is 0. The molecule has 0 aliphatic carbocycles. The predicted molar refractivity (Wildman–Crippen MR) is 91.4 cm³/mol. The van der Waals surface area contributed by atoms with Crippen LogP contribution >= 0.6 is 0 Å². The number of rotatable bonds is 5. The van der Waals surface area contributed by atoms with E-state index in [9.17, 15) is 4.79 Å². The van der Waals surface area contributed by atoms with Crippen LogP contribution in [-0.4, -0.2) is 26.7 Å². The lowest BCUT2D eigenvalue weighted by Crippen LogP contribution is -2.43. The lowest BCUT2D eigenvalue weighted by molar-refractivity contribution is 0.0513. The standard InChI is InChI=1S/C16H26N2O3Si/c1-12-8-7-9-13(10-12)15(19)21-18-14(17)11-20-22(5,6)16(2,3)4/h7-10H,11H2,1-6H3,(H2,17,18). The fraction of sp³-hybridized carbons (Fsp3) is 0.500. The molecule has 22 heavy (non-hydrogen) atoms. The number of aryl methyl sites for hydroxylation is 1. The zero-order chi connectivity index (χ0) is 17.0. The Morgan fingerprint density at radius 1 is 1.32 bits per heavy atom. The molecule has 1 aromatic carbocycles. The highest BCUT2D eigenvalue weighted by Gasteiger charge is 2.37. The molecule has 1 rings (SSSR count). The Hall–Kier alpha value is -1.66. The summed E-state index contributed by atoms with van der Waals surface area (Å²) in [5.41, 5.74) is 7.18. The van der Waals surface area contributed by atoms with E-state index in [0.29, 0.717) is 5.56 Å². The lowest BCUT2D eigenvalue weighted by atomic mass is 10.1. The number of nitrogens with zero attached hydrogens (tertiary/aromatic N) is 1.